The molecule has 0 fully saturated rings. The number of hydrogen-bond donors (Lipinski definition) is 1. The highest BCUT2D eigenvalue weighted by Gasteiger charge is 2.20. The molecule has 2 amide bonds. The minimum absolute atomic E-state index is 0.231. The first-order valence-electron chi connectivity index (χ1n) is 3.33. The van der Waals surface area contributed by atoms with Gasteiger partial charge in [0.25, 0.3) is 0 Å². The van der Waals surface area contributed by atoms with Crippen LogP contribution in [0.1, 0.15) is 13.8 Å². The van der Waals surface area contributed by atoms with Crippen molar-refractivity contribution in [1.29, 1.82) is 0 Å². The molecule has 1 rings (SSSR count). The lowest BCUT2D eigenvalue weighted by molar-refractivity contribution is 0.164. The summed E-state index contributed by atoms with van der Waals surface area (Å²) >= 11 is 0. The molecule has 0 aromatic rings. The molecule has 1 aliphatic rings. The first-order chi connectivity index (χ1) is 5.11. The summed E-state index contributed by atoms with van der Waals surface area (Å²) < 4.78 is 0. The summed E-state index contributed by atoms with van der Waals surface area (Å²) in [6.45, 7) is 3.35. The molecular weight excluding hydrogens is 146 g/mol. The highest BCUT2D eigenvalue weighted by atomic mass is 16.3. The van der Waals surface area contributed by atoms with E-state index in [0.29, 0.717) is 5.84 Å². The number of rotatable bonds is 2. The van der Waals surface area contributed by atoms with Crippen LogP contribution in [-0.2, 0) is 0 Å². The van der Waals surface area contributed by atoms with Crippen LogP contribution < -0.4 is 0 Å². The van der Waals surface area contributed by atoms with E-state index >= 15 is 0 Å². The molecule has 0 radical (unpaired) electrons. The number of amidine groups is 1. The Balaban J connectivity index is 2.70. The fourth-order valence-electron chi connectivity index (χ4n) is 0.645. The zero-order chi connectivity index (χ0) is 8.43. The first kappa shape index (κ1) is 8.00. The van der Waals surface area contributed by atoms with Crippen molar-refractivity contribution >= 4 is 11.9 Å². The number of hydrogen-bond acceptors (Lipinski definition) is 3. The molecule has 2 atom stereocenters. The smallest absolute Gasteiger partial charge is 0.387 e. The minimum Gasteiger partial charge on any atom is -0.393 e. The fraction of sp³-hybridized carbons (Fsp3) is 0.667. The van der Waals surface area contributed by atoms with Crippen LogP contribution in [0.4, 0.5) is 4.79 Å². The van der Waals surface area contributed by atoms with Crippen LogP contribution in [0.5, 0.6) is 0 Å². The Morgan fingerprint density at radius 1 is 1.36 bits per heavy atom. The van der Waals surface area contributed by atoms with E-state index in [1.54, 1.807) is 13.8 Å². The molecule has 1 aliphatic heterocycles. The summed E-state index contributed by atoms with van der Waals surface area (Å²) in [7, 11) is 0. The van der Waals surface area contributed by atoms with Gasteiger partial charge in [0.2, 0.25) is 0 Å². The lowest BCUT2D eigenvalue weighted by atomic mass is 10.1. The Bertz CT molecular complexity index is 232. The van der Waals surface area contributed by atoms with Gasteiger partial charge in [-0.15, -0.1) is 5.11 Å². The molecule has 5 nitrogen and oxygen atoms in total. The maximum absolute atomic E-state index is 10.5. The van der Waals surface area contributed by atoms with Crippen LogP contribution in [0.2, 0.25) is 0 Å². The van der Waals surface area contributed by atoms with E-state index in [1.165, 1.54) is 0 Å². The van der Waals surface area contributed by atoms with E-state index in [2.05, 4.69) is 15.2 Å². The largest absolute Gasteiger partial charge is 0.393 e. The molecule has 0 saturated heterocycles. The number of nitrogens with zero attached hydrogens (tertiary/aromatic N) is 3. The second kappa shape index (κ2) is 2.87. The van der Waals surface area contributed by atoms with Gasteiger partial charge in [-0.3, -0.25) is 0 Å². The number of azo groups is 1. The van der Waals surface area contributed by atoms with Crippen molar-refractivity contribution in [3.63, 3.8) is 0 Å². The Morgan fingerprint density at radius 2 is 2.00 bits per heavy atom. The average molecular weight is 155 g/mol. The maximum atomic E-state index is 10.5. The molecule has 0 aromatic carbocycles. The van der Waals surface area contributed by atoms with Crippen molar-refractivity contribution < 1.29 is 9.90 Å². The van der Waals surface area contributed by atoms with Gasteiger partial charge in [-0.1, -0.05) is 12.0 Å². The van der Waals surface area contributed by atoms with Gasteiger partial charge in [0.05, 0.1) is 6.10 Å². The van der Waals surface area contributed by atoms with Crippen molar-refractivity contribution in [1.82, 2.24) is 0 Å². The lowest BCUT2D eigenvalue weighted by Crippen LogP contribution is -2.20. The Morgan fingerprint density at radius 3 is 2.36 bits per heavy atom. The molecule has 11 heavy (non-hydrogen) atoms. The van der Waals surface area contributed by atoms with Crippen LogP contribution in [0, 0.1) is 5.92 Å². The van der Waals surface area contributed by atoms with Crippen LogP contribution in [-0.4, -0.2) is 23.1 Å². The van der Waals surface area contributed by atoms with Crippen LogP contribution >= 0.6 is 0 Å². The molecule has 0 bridgehead atoms. The van der Waals surface area contributed by atoms with Crippen LogP contribution in [0.3, 0.4) is 0 Å². The molecular formula is C6H9N3O2. The van der Waals surface area contributed by atoms with Crippen molar-refractivity contribution in [3.05, 3.63) is 0 Å². The third-order valence-electron chi connectivity index (χ3n) is 1.58. The van der Waals surface area contributed by atoms with E-state index < -0.39 is 12.1 Å². The standard InChI is InChI=1S/C6H9N3O2/c1-3(4(2)10)5-7-6(11)9-8-5/h3-4,10H,1-2H3/t3-,4-/m1/s1. The second-order valence-electron chi connectivity index (χ2n) is 2.48. The topological polar surface area (TPSA) is 74.4 Å². The summed E-state index contributed by atoms with van der Waals surface area (Å²) in [6, 6.07) is -0.590. The summed E-state index contributed by atoms with van der Waals surface area (Å²) in [4.78, 5) is 13.9. The number of aliphatic imine (C=N–C) groups is 1. The molecule has 5 heteroatoms. The summed E-state index contributed by atoms with van der Waals surface area (Å²) in [5, 5.41) is 15.8. The number of carbonyl (C=O) groups is 1. The molecule has 1 N–H and O–H groups in total. The van der Waals surface area contributed by atoms with Gasteiger partial charge in [-0.25, -0.2) is 4.79 Å². The highest BCUT2D eigenvalue weighted by Crippen LogP contribution is 2.11. The number of aliphatic hydroxyl groups is 1. The van der Waals surface area contributed by atoms with Gasteiger partial charge in [-0.05, 0) is 6.92 Å². The van der Waals surface area contributed by atoms with E-state index in [1.807, 2.05) is 0 Å². The molecule has 60 valence electrons. The quantitative estimate of drug-likeness (QED) is 0.645. The van der Waals surface area contributed by atoms with Gasteiger partial charge in [0.15, 0.2) is 5.84 Å². The zero-order valence-corrected chi connectivity index (χ0v) is 6.35. The summed E-state index contributed by atoms with van der Waals surface area (Å²) in [5.41, 5.74) is 0. The number of carbonyl (C=O) groups excluding carboxylic acids is 1. The maximum Gasteiger partial charge on any atom is 0.387 e. The van der Waals surface area contributed by atoms with Crippen LogP contribution in [0.15, 0.2) is 15.2 Å². The van der Waals surface area contributed by atoms with Gasteiger partial charge < -0.3 is 5.11 Å². The van der Waals surface area contributed by atoms with Crippen molar-refractivity contribution in [2.45, 2.75) is 20.0 Å². The molecule has 0 saturated carbocycles. The summed E-state index contributed by atoms with van der Waals surface area (Å²) in [6.07, 6.45) is -0.557. The lowest BCUT2D eigenvalue weighted by Gasteiger charge is -2.09. The van der Waals surface area contributed by atoms with Gasteiger partial charge in [-0.2, -0.15) is 4.99 Å². The zero-order valence-electron chi connectivity index (χ0n) is 6.35. The molecule has 0 aromatic heterocycles. The normalized spacial score (nSPS) is 21.7. The third-order valence-corrected chi connectivity index (χ3v) is 1.58. The Kier molecular flexibility index (Phi) is 2.09. The Hall–Kier alpha value is -1.10. The van der Waals surface area contributed by atoms with E-state index in [0.717, 1.165) is 0 Å². The van der Waals surface area contributed by atoms with Gasteiger partial charge in [0.1, 0.15) is 0 Å². The second-order valence-corrected chi connectivity index (χ2v) is 2.48. The first-order valence-corrected chi connectivity index (χ1v) is 3.33. The SMILES string of the molecule is C[C@@H](O)[C@@H](C)C1=NC(=O)N=N1. The predicted molar refractivity (Wildman–Crippen MR) is 38.5 cm³/mol. The number of amides is 2. The number of urea groups is 1. The average Bonchev–Trinajstić information content (AvgIpc) is 2.34. The van der Waals surface area contributed by atoms with Gasteiger partial charge >= 0.3 is 6.03 Å². The Labute approximate surface area is 63.9 Å². The van der Waals surface area contributed by atoms with E-state index in [9.17, 15) is 4.79 Å². The number of aliphatic hydroxyl groups excluding tert-OH is 1. The van der Waals surface area contributed by atoms with Crippen molar-refractivity contribution in [2.24, 2.45) is 21.1 Å². The van der Waals surface area contributed by atoms with Gasteiger partial charge in [0, 0.05) is 5.92 Å². The third kappa shape index (κ3) is 1.68. The predicted octanol–water partition coefficient (Wildman–Crippen LogP) is 0.988. The molecule has 0 aliphatic carbocycles. The van der Waals surface area contributed by atoms with Crippen molar-refractivity contribution in [2.75, 3.05) is 0 Å². The molecule has 0 unspecified atom stereocenters. The van der Waals surface area contributed by atoms with E-state index in [4.69, 9.17) is 5.11 Å². The highest BCUT2D eigenvalue weighted by molar-refractivity contribution is 5.99. The van der Waals surface area contributed by atoms with E-state index in [-0.39, 0.29) is 5.92 Å². The molecule has 0 spiro atoms. The minimum atomic E-state index is -0.590. The van der Waals surface area contributed by atoms with Crippen molar-refractivity contribution in [3.8, 4) is 0 Å². The summed E-state index contributed by atoms with van der Waals surface area (Å²) in [5.74, 6) is 0.0789. The monoisotopic (exact) mass is 155 g/mol. The fourth-order valence-corrected chi connectivity index (χ4v) is 0.645. The molecule has 1 heterocycles. The van der Waals surface area contributed by atoms with Crippen LogP contribution in [0.25, 0.3) is 0 Å².